The summed E-state index contributed by atoms with van der Waals surface area (Å²) in [5.74, 6) is 1.69. The number of carbonyl (C=O) groups excluding carboxylic acids is 1. The van der Waals surface area contributed by atoms with Gasteiger partial charge in [-0.15, -0.1) is 0 Å². The number of hydrogen-bond donors (Lipinski definition) is 0. The van der Waals surface area contributed by atoms with Gasteiger partial charge in [-0.1, -0.05) is 36.4 Å². The van der Waals surface area contributed by atoms with Crippen LogP contribution >= 0.6 is 0 Å². The van der Waals surface area contributed by atoms with Crippen LogP contribution in [0.25, 0.3) is 0 Å². The lowest BCUT2D eigenvalue weighted by Crippen LogP contribution is -2.48. The zero-order valence-corrected chi connectivity index (χ0v) is 17.9. The maximum Gasteiger partial charge on any atom is 0.223 e. The third-order valence-corrected chi connectivity index (χ3v) is 6.40. The van der Waals surface area contributed by atoms with E-state index in [-0.39, 0.29) is 5.91 Å². The van der Waals surface area contributed by atoms with Crippen molar-refractivity contribution < 1.29 is 19.0 Å². The number of fused-ring (bicyclic) bond motifs is 2. The van der Waals surface area contributed by atoms with E-state index in [2.05, 4.69) is 4.90 Å². The number of methoxy groups -OCH3 is 2. The van der Waals surface area contributed by atoms with Crippen LogP contribution in [0.5, 0.6) is 11.5 Å². The van der Waals surface area contributed by atoms with Crippen LogP contribution in [0.15, 0.2) is 48.5 Å². The van der Waals surface area contributed by atoms with Crippen molar-refractivity contribution >= 4 is 5.91 Å². The van der Waals surface area contributed by atoms with E-state index in [1.165, 1.54) is 0 Å². The van der Waals surface area contributed by atoms with E-state index in [4.69, 9.17) is 14.2 Å². The molecule has 2 fully saturated rings. The fourth-order valence-corrected chi connectivity index (χ4v) is 4.83. The molecular weight excluding hydrogens is 378 g/mol. The molecule has 2 atom stereocenters. The minimum atomic E-state index is 0.264. The largest absolute Gasteiger partial charge is 0.493 e. The molecule has 2 bridgehead atoms. The van der Waals surface area contributed by atoms with E-state index < -0.39 is 0 Å². The lowest BCUT2D eigenvalue weighted by atomic mass is 9.98. The van der Waals surface area contributed by atoms with Crippen LogP contribution in [-0.2, 0) is 22.6 Å². The highest BCUT2D eigenvalue weighted by atomic mass is 16.5. The average molecular weight is 410 g/mol. The zero-order valence-electron chi connectivity index (χ0n) is 17.9. The minimum Gasteiger partial charge on any atom is -0.493 e. The van der Waals surface area contributed by atoms with Crippen molar-refractivity contribution in [3.63, 3.8) is 0 Å². The monoisotopic (exact) mass is 409 g/mol. The van der Waals surface area contributed by atoms with Gasteiger partial charge in [-0.3, -0.25) is 4.79 Å². The predicted molar refractivity (Wildman–Crippen MR) is 116 cm³/mol. The number of nitrogens with zero attached hydrogens (tertiary/aromatic N) is 1. The van der Waals surface area contributed by atoms with Gasteiger partial charge in [-0.25, -0.2) is 0 Å². The van der Waals surface area contributed by atoms with Gasteiger partial charge in [0.05, 0.1) is 13.2 Å². The van der Waals surface area contributed by atoms with E-state index in [0.29, 0.717) is 49.1 Å². The highest BCUT2D eigenvalue weighted by Gasteiger charge is 2.42. The van der Waals surface area contributed by atoms with E-state index in [1.54, 1.807) is 14.2 Å². The molecule has 0 saturated carbocycles. The Kier molecular flexibility index (Phi) is 6.58. The van der Waals surface area contributed by atoms with Crippen LogP contribution < -0.4 is 9.47 Å². The molecule has 0 aliphatic carbocycles. The van der Waals surface area contributed by atoms with Crippen LogP contribution in [0, 0.1) is 0 Å². The van der Waals surface area contributed by atoms with Gasteiger partial charge in [0.2, 0.25) is 5.91 Å². The summed E-state index contributed by atoms with van der Waals surface area (Å²) in [6, 6.07) is 16.7. The molecule has 4 rings (SSSR count). The van der Waals surface area contributed by atoms with Gasteiger partial charge in [-0.2, -0.15) is 0 Å². The van der Waals surface area contributed by atoms with Crippen molar-refractivity contribution in [1.82, 2.24) is 4.90 Å². The van der Waals surface area contributed by atoms with Gasteiger partial charge in [0.25, 0.3) is 0 Å². The van der Waals surface area contributed by atoms with Gasteiger partial charge >= 0.3 is 0 Å². The highest BCUT2D eigenvalue weighted by molar-refractivity contribution is 5.77. The number of rotatable bonds is 8. The smallest absolute Gasteiger partial charge is 0.223 e. The van der Waals surface area contributed by atoms with E-state index >= 15 is 0 Å². The molecule has 2 aromatic carbocycles. The van der Waals surface area contributed by atoms with Crippen LogP contribution in [-0.4, -0.2) is 43.2 Å². The second-order valence-electron chi connectivity index (χ2n) is 8.27. The Hall–Kier alpha value is -2.53. The van der Waals surface area contributed by atoms with Crippen molar-refractivity contribution in [1.29, 1.82) is 0 Å². The first-order valence-corrected chi connectivity index (χ1v) is 10.9. The number of carbonyl (C=O) groups is 1. The zero-order chi connectivity index (χ0) is 20.9. The molecule has 2 aromatic rings. The van der Waals surface area contributed by atoms with Gasteiger partial charge in [-0.05, 0) is 55.4 Å². The first kappa shape index (κ1) is 20.7. The summed E-state index contributed by atoms with van der Waals surface area (Å²) in [5, 5.41) is 0. The molecule has 5 nitrogen and oxygen atoms in total. The predicted octanol–water partition coefficient (Wildman–Crippen LogP) is 4.38. The molecule has 2 unspecified atom stereocenters. The molecule has 0 radical (unpaired) electrons. The Morgan fingerprint density at radius 2 is 1.70 bits per heavy atom. The topological polar surface area (TPSA) is 48.0 Å². The van der Waals surface area contributed by atoms with Crippen molar-refractivity contribution in [3.05, 3.63) is 59.7 Å². The number of amides is 1. The van der Waals surface area contributed by atoms with Gasteiger partial charge in [0.1, 0.15) is 6.61 Å². The number of benzene rings is 2. The summed E-state index contributed by atoms with van der Waals surface area (Å²) in [6.45, 7) is 0.484. The summed E-state index contributed by atoms with van der Waals surface area (Å²) < 4.78 is 17.0. The third kappa shape index (κ3) is 4.62. The molecule has 0 spiro atoms. The van der Waals surface area contributed by atoms with Crippen LogP contribution in [0.2, 0.25) is 0 Å². The molecule has 0 aromatic heterocycles. The van der Waals surface area contributed by atoms with Gasteiger partial charge in [0, 0.05) is 25.6 Å². The average Bonchev–Trinajstić information content (AvgIpc) is 3.06. The Morgan fingerprint density at radius 1 is 0.967 bits per heavy atom. The van der Waals surface area contributed by atoms with Crippen LogP contribution in [0.1, 0.15) is 43.2 Å². The second kappa shape index (κ2) is 9.52. The Bertz CT molecular complexity index is 839. The number of aryl methyl sites for hydroxylation is 1. The van der Waals surface area contributed by atoms with Crippen molar-refractivity contribution in [2.24, 2.45) is 0 Å². The highest BCUT2D eigenvalue weighted by Crippen LogP contribution is 2.37. The van der Waals surface area contributed by atoms with E-state index in [1.807, 2.05) is 48.5 Å². The molecular formula is C25H31NO4. The van der Waals surface area contributed by atoms with Crippen molar-refractivity contribution in [2.45, 2.75) is 63.3 Å². The summed E-state index contributed by atoms with van der Waals surface area (Å²) in [5.41, 5.74) is 2.20. The molecule has 2 saturated heterocycles. The minimum absolute atomic E-state index is 0.264. The Balaban J connectivity index is 1.37. The normalized spacial score (nSPS) is 22.7. The third-order valence-electron chi connectivity index (χ3n) is 6.40. The molecule has 2 heterocycles. The molecule has 2 aliphatic rings. The number of piperidine rings is 1. The van der Waals surface area contributed by atoms with Crippen molar-refractivity contribution in [3.8, 4) is 11.5 Å². The van der Waals surface area contributed by atoms with Gasteiger partial charge < -0.3 is 19.1 Å². The summed E-state index contributed by atoms with van der Waals surface area (Å²) >= 11 is 0. The van der Waals surface area contributed by atoms with E-state index in [0.717, 1.165) is 36.8 Å². The lowest BCUT2D eigenvalue weighted by Gasteiger charge is -2.38. The number of hydrogen-bond acceptors (Lipinski definition) is 4. The first-order chi connectivity index (χ1) is 14.7. The summed E-state index contributed by atoms with van der Waals surface area (Å²) in [6.07, 6.45) is 5.69. The molecule has 5 heteroatoms. The Labute approximate surface area is 178 Å². The Morgan fingerprint density at radius 3 is 2.37 bits per heavy atom. The summed E-state index contributed by atoms with van der Waals surface area (Å²) in [7, 11) is 3.43. The summed E-state index contributed by atoms with van der Waals surface area (Å²) in [4.78, 5) is 15.1. The van der Waals surface area contributed by atoms with Crippen LogP contribution in [0.4, 0.5) is 0 Å². The molecule has 0 N–H and O–H groups in total. The number of ether oxygens (including phenoxy) is 3. The van der Waals surface area contributed by atoms with E-state index in [9.17, 15) is 4.79 Å². The molecule has 2 aliphatic heterocycles. The fourth-order valence-electron chi connectivity index (χ4n) is 4.83. The fraction of sp³-hybridized carbons (Fsp3) is 0.480. The standard InChI is InChI=1S/C25H31NO4/c1-28-22-15-20-10-11-21(16-22)26(20)25(27)13-9-18-8-12-23(29-2)24(14-18)30-17-19-6-4-3-5-7-19/h3-8,12,14,20-22H,9-11,13,15-17H2,1-2H3. The molecule has 160 valence electrons. The molecule has 1 amide bonds. The second-order valence-corrected chi connectivity index (χ2v) is 8.27. The maximum atomic E-state index is 13.0. The first-order valence-electron chi connectivity index (χ1n) is 10.9. The molecule has 30 heavy (non-hydrogen) atoms. The quantitative estimate of drug-likeness (QED) is 0.649. The SMILES string of the molecule is COc1ccc(CCC(=O)N2C3CCC2CC(OC)C3)cc1OCc1ccccc1. The van der Waals surface area contributed by atoms with Crippen molar-refractivity contribution in [2.75, 3.05) is 14.2 Å². The lowest BCUT2D eigenvalue weighted by molar-refractivity contribution is -0.137. The maximum absolute atomic E-state index is 13.0. The van der Waals surface area contributed by atoms with Gasteiger partial charge in [0.15, 0.2) is 11.5 Å². The van der Waals surface area contributed by atoms with Crippen LogP contribution in [0.3, 0.4) is 0 Å².